The molecule has 0 unspecified atom stereocenters. The van der Waals surface area contributed by atoms with E-state index in [0.717, 1.165) is 55.9 Å². The maximum atomic E-state index is 5.18. The zero-order chi connectivity index (χ0) is 54.0. The standard InChI is InChI=1S/C76H55N3Si2/c1-9-26-57(27-10-1)72-55-73(78-76(77-72)58-28-11-2-12-29-58)60-31-25-30-59(52-60)56-44-46-61(47-45-56)79-74-50-48-68(80(62-32-13-3-14-33-62,63-34-15-4-16-35-63)64-36-17-5-18-37-64)53-70(74)71-54-69(49-51-75(71)79)81(65-38-19-6-20-39-65,66-40-21-7-22-41-66)67-42-23-8-24-43-67/h1-55H. The Hall–Kier alpha value is -10.0. The fourth-order valence-corrected chi connectivity index (χ4v) is 22.2. The quantitative estimate of drug-likeness (QED) is 0.0851. The Morgan fingerprint density at radius 1 is 0.222 bits per heavy atom. The van der Waals surface area contributed by atoms with Gasteiger partial charge in [-0.3, -0.25) is 0 Å². The normalized spacial score (nSPS) is 11.7. The first-order valence-corrected chi connectivity index (χ1v) is 31.8. The van der Waals surface area contributed by atoms with Crippen LogP contribution < -0.4 is 41.5 Å². The minimum Gasteiger partial charge on any atom is -0.309 e. The smallest absolute Gasteiger partial charge is 0.179 e. The number of hydrogen-bond donors (Lipinski definition) is 0. The van der Waals surface area contributed by atoms with Crippen LogP contribution in [0.5, 0.6) is 0 Å². The van der Waals surface area contributed by atoms with Crippen LogP contribution in [-0.4, -0.2) is 30.7 Å². The van der Waals surface area contributed by atoms with Gasteiger partial charge in [0.15, 0.2) is 22.0 Å². The van der Waals surface area contributed by atoms with Crippen molar-refractivity contribution in [3.8, 4) is 50.7 Å². The highest BCUT2D eigenvalue weighted by Gasteiger charge is 2.43. The summed E-state index contributed by atoms with van der Waals surface area (Å²) in [4.78, 5) is 10.2. The van der Waals surface area contributed by atoms with E-state index in [2.05, 4.69) is 314 Å². The number of benzene rings is 12. The predicted molar refractivity (Wildman–Crippen MR) is 345 cm³/mol. The monoisotopic (exact) mass is 1070 g/mol. The number of hydrogen-bond acceptors (Lipinski definition) is 2. The van der Waals surface area contributed by atoms with Gasteiger partial charge in [0.2, 0.25) is 0 Å². The summed E-state index contributed by atoms with van der Waals surface area (Å²) in [6, 6.07) is 123. The van der Waals surface area contributed by atoms with Gasteiger partial charge in [0.05, 0.1) is 22.4 Å². The molecule has 0 bridgehead atoms. The van der Waals surface area contributed by atoms with Crippen LogP contribution in [0, 0.1) is 0 Å². The van der Waals surface area contributed by atoms with E-state index in [1.54, 1.807) is 0 Å². The molecular weight excluding hydrogens is 1010 g/mol. The van der Waals surface area contributed by atoms with E-state index in [1.165, 1.54) is 52.3 Å². The highest BCUT2D eigenvalue weighted by molar-refractivity contribution is 7.20. The number of nitrogens with zero attached hydrogens (tertiary/aromatic N) is 3. The molecule has 0 saturated heterocycles. The van der Waals surface area contributed by atoms with Crippen molar-refractivity contribution in [2.24, 2.45) is 0 Å². The molecule has 0 saturated carbocycles. The van der Waals surface area contributed by atoms with E-state index < -0.39 is 16.1 Å². The maximum absolute atomic E-state index is 5.18. The van der Waals surface area contributed by atoms with Gasteiger partial charge in [-0.05, 0) is 89.0 Å². The largest absolute Gasteiger partial charge is 0.309 e. The summed E-state index contributed by atoms with van der Waals surface area (Å²) in [6.07, 6.45) is 0. The van der Waals surface area contributed by atoms with Crippen LogP contribution in [0.1, 0.15) is 0 Å². The molecule has 14 aromatic rings. The lowest BCUT2D eigenvalue weighted by Crippen LogP contribution is -2.74. The summed E-state index contributed by atoms with van der Waals surface area (Å²) in [5, 5.41) is 13.2. The van der Waals surface area contributed by atoms with E-state index >= 15 is 0 Å². The van der Waals surface area contributed by atoms with Crippen molar-refractivity contribution in [2.45, 2.75) is 0 Å². The molecule has 0 amide bonds. The first kappa shape index (κ1) is 49.3. The van der Waals surface area contributed by atoms with E-state index in [9.17, 15) is 0 Å². The maximum Gasteiger partial charge on any atom is 0.179 e. The predicted octanol–water partition coefficient (Wildman–Crippen LogP) is 13.0. The lowest BCUT2D eigenvalue weighted by molar-refractivity contribution is 1.18. The molecule has 0 aliphatic rings. The topological polar surface area (TPSA) is 30.7 Å². The Morgan fingerprint density at radius 2 is 0.556 bits per heavy atom. The minimum absolute atomic E-state index is 0.702. The van der Waals surface area contributed by atoms with Crippen molar-refractivity contribution in [1.29, 1.82) is 0 Å². The summed E-state index contributed by atoms with van der Waals surface area (Å²) in [5.41, 5.74) is 10.5. The molecule has 12 aromatic carbocycles. The van der Waals surface area contributed by atoms with Crippen LogP contribution in [0.2, 0.25) is 0 Å². The number of aromatic nitrogens is 3. The van der Waals surface area contributed by atoms with Gasteiger partial charge in [-0.2, -0.15) is 0 Å². The van der Waals surface area contributed by atoms with E-state index in [1.807, 2.05) is 24.3 Å². The van der Waals surface area contributed by atoms with Gasteiger partial charge in [0, 0.05) is 33.2 Å². The molecule has 3 nitrogen and oxygen atoms in total. The second kappa shape index (κ2) is 21.3. The second-order valence-corrected chi connectivity index (χ2v) is 28.4. The van der Waals surface area contributed by atoms with Gasteiger partial charge in [-0.15, -0.1) is 0 Å². The lowest BCUT2D eigenvalue weighted by atomic mass is 10.0. The van der Waals surface area contributed by atoms with Crippen molar-refractivity contribution in [3.05, 3.63) is 334 Å². The van der Waals surface area contributed by atoms with Crippen LogP contribution in [0.4, 0.5) is 0 Å². The number of rotatable bonds is 13. The van der Waals surface area contributed by atoms with Gasteiger partial charge in [0.25, 0.3) is 0 Å². The molecule has 14 rings (SSSR count). The van der Waals surface area contributed by atoms with Crippen LogP contribution in [-0.2, 0) is 0 Å². The van der Waals surface area contributed by atoms with Crippen molar-refractivity contribution >= 4 is 79.4 Å². The van der Waals surface area contributed by atoms with Crippen molar-refractivity contribution < 1.29 is 0 Å². The molecule has 0 atom stereocenters. The SMILES string of the molecule is c1ccc(-c2cc(-c3cccc(-c4ccc(-n5c6ccc([Si](c7ccccc7)(c7ccccc7)c7ccccc7)cc6c6cc([Si](c7ccccc7)(c7ccccc7)c7ccccc7)ccc65)cc4)c3)nc(-c3ccccc3)n2)cc1. The molecule has 382 valence electrons. The second-order valence-electron chi connectivity index (χ2n) is 20.8. The van der Waals surface area contributed by atoms with E-state index in [0.29, 0.717) is 5.82 Å². The van der Waals surface area contributed by atoms with E-state index in [4.69, 9.17) is 9.97 Å². The fourth-order valence-electron chi connectivity index (χ4n) is 12.6. The molecule has 0 aliphatic carbocycles. The van der Waals surface area contributed by atoms with Crippen molar-refractivity contribution in [2.75, 3.05) is 0 Å². The minimum atomic E-state index is -2.91. The highest BCUT2D eigenvalue weighted by Crippen LogP contribution is 2.35. The Labute approximate surface area is 475 Å². The molecule has 2 heterocycles. The Balaban J connectivity index is 0.974. The van der Waals surface area contributed by atoms with Gasteiger partial charge in [0.1, 0.15) is 0 Å². The third-order valence-electron chi connectivity index (χ3n) is 16.3. The van der Waals surface area contributed by atoms with E-state index in [-0.39, 0.29) is 0 Å². The van der Waals surface area contributed by atoms with Crippen molar-refractivity contribution in [1.82, 2.24) is 14.5 Å². The zero-order valence-electron chi connectivity index (χ0n) is 44.6. The molecule has 0 spiro atoms. The molecule has 2 aromatic heterocycles. The zero-order valence-corrected chi connectivity index (χ0v) is 46.6. The molecule has 0 aliphatic heterocycles. The molecule has 0 radical (unpaired) electrons. The van der Waals surface area contributed by atoms with Gasteiger partial charge >= 0.3 is 0 Å². The first-order chi connectivity index (χ1) is 40.2. The Bertz CT molecular complexity index is 4030. The average molecular weight is 1070 g/mol. The lowest BCUT2D eigenvalue weighted by Gasteiger charge is -2.34. The van der Waals surface area contributed by atoms with Crippen LogP contribution in [0.15, 0.2) is 334 Å². The third kappa shape index (κ3) is 8.77. The van der Waals surface area contributed by atoms with Gasteiger partial charge < -0.3 is 4.57 Å². The fraction of sp³-hybridized carbons (Fsp3) is 0. The van der Waals surface area contributed by atoms with Crippen molar-refractivity contribution in [3.63, 3.8) is 0 Å². The van der Waals surface area contributed by atoms with Crippen LogP contribution in [0.3, 0.4) is 0 Å². The molecule has 5 heteroatoms. The van der Waals surface area contributed by atoms with Crippen LogP contribution >= 0.6 is 0 Å². The Kier molecular flexibility index (Phi) is 13.0. The summed E-state index contributed by atoms with van der Waals surface area (Å²) < 4.78 is 2.49. The summed E-state index contributed by atoms with van der Waals surface area (Å²) >= 11 is 0. The molecule has 0 fully saturated rings. The highest BCUT2D eigenvalue weighted by atomic mass is 28.3. The summed E-state index contributed by atoms with van der Waals surface area (Å²) in [7, 11) is -5.81. The summed E-state index contributed by atoms with van der Waals surface area (Å²) in [5.74, 6) is 0.702. The average Bonchev–Trinajstić information content (AvgIpc) is 3.51. The van der Waals surface area contributed by atoms with Gasteiger partial charge in [-0.1, -0.05) is 297 Å². The summed E-state index contributed by atoms with van der Waals surface area (Å²) in [6.45, 7) is 0. The number of fused-ring (bicyclic) bond motifs is 3. The molecule has 81 heavy (non-hydrogen) atoms. The third-order valence-corrected chi connectivity index (χ3v) is 25.9. The molecular formula is C76H55N3Si2. The van der Waals surface area contributed by atoms with Gasteiger partial charge in [-0.25, -0.2) is 9.97 Å². The first-order valence-electron chi connectivity index (χ1n) is 27.8. The molecule has 0 N–H and O–H groups in total. The van der Waals surface area contributed by atoms with Crippen LogP contribution in [0.25, 0.3) is 72.5 Å². The Morgan fingerprint density at radius 3 is 0.951 bits per heavy atom.